The highest BCUT2D eigenvalue weighted by Gasteiger charge is 2.25. The van der Waals surface area contributed by atoms with E-state index in [4.69, 9.17) is 43.4 Å². The molecule has 626 valence electrons. The molecule has 0 unspecified atom stereocenters. The van der Waals surface area contributed by atoms with Gasteiger partial charge in [0.05, 0.1) is 54.8 Å². The molecule has 0 amide bonds. The van der Waals surface area contributed by atoms with E-state index in [0.717, 1.165) is 109 Å². The topological polar surface area (TPSA) is 39.4 Å². The van der Waals surface area contributed by atoms with E-state index in [2.05, 4.69) is 54.6 Å². The summed E-state index contributed by atoms with van der Waals surface area (Å²) in [6, 6.07) is 52.7. The average Bonchev–Trinajstić information content (AvgIpc) is 1.64. The average molecular weight is 1750 g/mol. The van der Waals surface area contributed by atoms with Crippen LogP contribution in [0.15, 0.2) is 498 Å². The molecule has 0 aliphatic heterocycles. The second kappa shape index (κ2) is 31.5. The molecule has 0 aliphatic rings. The largest absolute Gasteiger partial charge is 0.456 e. The summed E-state index contributed by atoms with van der Waals surface area (Å²) in [5.41, 5.74) is 6.48. The highest BCUT2D eigenvalue weighted by molar-refractivity contribution is 6.28. The first-order valence-electron chi connectivity index (χ1n) is 63.2. The van der Waals surface area contributed by atoms with E-state index in [1.165, 1.54) is 0 Å². The summed E-state index contributed by atoms with van der Waals surface area (Å²) in [6.45, 7) is 0. The molecule has 3 heterocycles. The molecule has 0 radical (unpaired) electrons. The molecular weight excluding hydrogens is 1630 g/mol. The van der Waals surface area contributed by atoms with Crippen molar-refractivity contribution in [2.45, 2.75) is 0 Å². The van der Waals surface area contributed by atoms with Gasteiger partial charge in [0.2, 0.25) is 0 Å². The van der Waals surface area contributed by atoms with Crippen LogP contribution in [0.5, 0.6) is 0 Å². The van der Waals surface area contributed by atoms with Crippen LogP contribution in [0.4, 0.5) is 0 Å². The van der Waals surface area contributed by atoms with Crippen LogP contribution in [-0.2, 0) is 0 Å². The van der Waals surface area contributed by atoms with Crippen molar-refractivity contribution in [3.05, 3.63) is 484 Å². The molecule has 0 aliphatic carbocycles. The first kappa shape index (κ1) is 47.2. The molecule has 3 nitrogen and oxygen atoms in total. The number of benzene rings is 26. The Hall–Kier alpha value is -17.8. The third-order valence-corrected chi connectivity index (χ3v) is 25.3. The van der Waals surface area contributed by atoms with Gasteiger partial charge in [0.25, 0.3) is 0 Å². The lowest BCUT2D eigenvalue weighted by Gasteiger charge is -2.19. The van der Waals surface area contributed by atoms with Gasteiger partial charge < -0.3 is 13.3 Å². The number of furan rings is 3. The zero-order chi connectivity index (χ0) is 124. The summed E-state index contributed by atoms with van der Waals surface area (Å²) in [6.07, 6.45) is 0. The van der Waals surface area contributed by atoms with E-state index < -0.39 is 281 Å². The quantitative estimate of drug-likeness (QED) is 0.142. The number of rotatable bonds is 8. The van der Waals surface area contributed by atoms with Crippen molar-refractivity contribution >= 4 is 195 Å². The van der Waals surface area contributed by atoms with Gasteiger partial charge in [0.15, 0.2) is 0 Å². The Kier molecular flexibility index (Phi) is 11.0. The second-order valence-electron chi connectivity index (χ2n) is 32.7. The van der Waals surface area contributed by atoms with Crippen molar-refractivity contribution < 1.29 is 68.1 Å². The summed E-state index contributed by atoms with van der Waals surface area (Å²) >= 11 is 0. The third-order valence-electron chi connectivity index (χ3n) is 25.3. The van der Waals surface area contributed by atoms with Crippen molar-refractivity contribution in [1.82, 2.24) is 0 Å². The number of hydrogen-bond acceptors (Lipinski definition) is 3. The van der Waals surface area contributed by atoms with Gasteiger partial charge in [0.1, 0.15) is 33.5 Å². The normalized spacial score (nSPS) is 16.0. The monoisotopic (exact) mass is 1750 g/mol. The smallest absolute Gasteiger partial charge is 0.136 e. The molecule has 0 fully saturated rings. The van der Waals surface area contributed by atoms with Crippen LogP contribution in [0.2, 0.25) is 0 Å². The minimum absolute atomic E-state index is 0.187. The van der Waals surface area contributed by atoms with Crippen molar-refractivity contribution in [3.63, 3.8) is 0 Å². The fourth-order valence-electron chi connectivity index (χ4n) is 19.2. The van der Waals surface area contributed by atoms with Crippen molar-refractivity contribution in [2.24, 2.45) is 0 Å². The molecule has 3 heteroatoms. The molecule has 29 aromatic rings. The summed E-state index contributed by atoms with van der Waals surface area (Å²) in [4.78, 5) is 0. The lowest BCUT2D eigenvalue weighted by molar-refractivity contribution is 0.669. The molecule has 0 N–H and O–H groups in total. The Morgan fingerprint density at radius 1 is 0.133 bits per heavy atom. The minimum Gasteiger partial charge on any atom is -0.456 e. The van der Waals surface area contributed by atoms with Gasteiger partial charge in [-0.1, -0.05) is 400 Å². The highest BCUT2D eigenvalue weighted by atomic mass is 16.3. The van der Waals surface area contributed by atoms with E-state index in [9.17, 15) is 24.7 Å². The van der Waals surface area contributed by atoms with Crippen LogP contribution in [-0.4, -0.2) is 0 Å². The maximum atomic E-state index is 9.74. The standard InChI is InChI=1S/2C46H28O.C40H24O/c1-2-13-32-28-44-42(26-31(32)12-1)41-27-33(23-24-43(41)47-44)30-15-9-16-34(25-30)45-37-18-5-7-20-39(37)46(40-21-8-6-19-38(40)45)36-22-10-14-29-11-3-4-17-35(29)36;1-2-12-33-28-44-42(26-32(33)11-1)41-27-34(24-25-43(41)47-44)29-20-22-31(23-21-29)45-37-15-5-7-17-39(37)46(40-18-8-6-16-38(40)45)36-19-9-13-30-10-3-4-14-35(30)36;1-2-10-26-21-29(18-17-25(26)9-1)39-31-13-5-7-15-33(31)40(34-16-8-6-14-32(34)39)30-19-20-37-35(23-30)36-22-27-11-3-4-12-28(27)24-38(36)41-37/h2*1-28H;1-24H/i5D,6D,7D,8D,18D,19D,20D,21D;5D,6D,7D,8D,15D,16D,17D,18D;1D,2D,3D,4D,5D,6D,7D,8D,9D,10D,11D,12D,13D,14D,15D,16D,17D,18D,19D,20D,21D,22D,23D,24D. The van der Waals surface area contributed by atoms with Gasteiger partial charge >= 0.3 is 0 Å². The van der Waals surface area contributed by atoms with Gasteiger partial charge in [-0.25, -0.2) is 0 Å². The molecule has 0 saturated heterocycles. The van der Waals surface area contributed by atoms with Gasteiger partial charge in [-0.05, 0) is 303 Å². The maximum absolute atomic E-state index is 9.74. The number of hydrogen-bond donors (Lipinski definition) is 0. The Morgan fingerprint density at radius 3 is 0.933 bits per heavy atom. The van der Waals surface area contributed by atoms with E-state index in [0.29, 0.717) is 44.5 Å². The fourth-order valence-corrected chi connectivity index (χ4v) is 19.2. The minimum atomic E-state index is -0.937. The van der Waals surface area contributed by atoms with Crippen molar-refractivity contribution in [1.29, 1.82) is 0 Å². The van der Waals surface area contributed by atoms with Crippen LogP contribution >= 0.6 is 0 Å². The molecule has 135 heavy (non-hydrogen) atoms. The first-order valence-corrected chi connectivity index (χ1v) is 43.2. The van der Waals surface area contributed by atoms with Crippen LogP contribution in [0.3, 0.4) is 0 Å². The van der Waals surface area contributed by atoms with E-state index in [1.807, 2.05) is 188 Å². The number of fused-ring (bicyclic) bond motifs is 21. The predicted octanol–water partition coefficient (Wildman–Crippen LogP) is 37.9. The summed E-state index contributed by atoms with van der Waals surface area (Å²) in [5, 5.41) is 7.69. The lowest BCUT2D eigenvalue weighted by Crippen LogP contribution is -1.92. The van der Waals surface area contributed by atoms with Crippen molar-refractivity contribution in [3.8, 4) is 89.0 Å². The van der Waals surface area contributed by atoms with Crippen molar-refractivity contribution in [2.75, 3.05) is 0 Å². The summed E-state index contributed by atoms with van der Waals surface area (Å²) < 4.78 is 377. The summed E-state index contributed by atoms with van der Waals surface area (Å²) in [7, 11) is 0. The fraction of sp³-hybridized carbons (Fsp3) is 0. The third kappa shape index (κ3) is 13.0. The van der Waals surface area contributed by atoms with E-state index >= 15 is 0 Å². The zero-order valence-electron chi connectivity index (χ0n) is 110. The molecule has 0 saturated carbocycles. The van der Waals surface area contributed by atoms with Crippen LogP contribution in [0, 0.1) is 0 Å². The molecule has 0 spiro atoms. The van der Waals surface area contributed by atoms with Crippen LogP contribution in [0.25, 0.3) is 284 Å². The molecule has 0 atom stereocenters. The lowest BCUT2D eigenvalue weighted by atomic mass is 9.84. The summed E-state index contributed by atoms with van der Waals surface area (Å²) in [5.74, 6) is 0. The Morgan fingerprint density at radius 2 is 0.452 bits per heavy atom. The first-order chi connectivity index (χ1) is 83.6. The second-order valence-corrected chi connectivity index (χ2v) is 32.7. The predicted molar refractivity (Wildman–Crippen MR) is 575 cm³/mol. The van der Waals surface area contributed by atoms with Gasteiger partial charge in [-0.2, -0.15) is 0 Å². The van der Waals surface area contributed by atoms with Crippen LogP contribution < -0.4 is 0 Å². The molecule has 0 bridgehead atoms. The van der Waals surface area contributed by atoms with Crippen LogP contribution in [0.1, 0.15) is 54.8 Å². The molecular formula is C132H80O3. The SMILES string of the molecule is [2H]c1c(-c2c3c([2H])c([2H])c([2H])c([2H])c3c(-c3c([2H])c([2H])c4c([2H])c([2H])c([2H])c([2H])c4c3[2H])c3c([2H])c([2H])c([2H])c([2H])c23)c([2H])c2c(oc3c([2H])c4c([2H])c([2H])c([2H])c([2H])c4c([2H])c32)c1[2H].[2H]c1c([2H])c([2H])c2c(-c3cccc4ccccc34)c3c([2H])c([2H])c([2H])c([2H])c3c(-c3ccc(-c4ccc5oc6cc7ccccc7cc6c5c4)cc3)c2c1[2H].[2H]c1c([2H])c([2H])c2c(-c3cccc4ccccc34)c3c([2H])c([2H])c([2H])c([2H])c3c(-c3cccc(-c4ccc5oc6cc7ccccc7cc6c5c4)c3)c2c1[2H]. The Bertz CT molecular complexity index is 12400. The van der Waals surface area contributed by atoms with Gasteiger partial charge in [0, 0.05) is 32.3 Å². The Balaban J connectivity index is 0.000000124. The maximum Gasteiger partial charge on any atom is 0.136 e. The van der Waals surface area contributed by atoms with E-state index in [-0.39, 0.29) is 91.4 Å². The zero-order valence-corrected chi connectivity index (χ0v) is 70.3. The molecule has 29 rings (SSSR count). The molecule has 3 aromatic heterocycles. The van der Waals surface area contributed by atoms with Gasteiger partial charge in [-0.15, -0.1) is 0 Å². The van der Waals surface area contributed by atoms with E-state index in [1.54, 1.807) is 0 Å². The molecule has 26 aromatic carbocycles. The van der Waals surface area contributed by atoms with Gasteiger partial charge in [-0.3, -0.25) is 0 Å². The Labute approximate surface area is 833 Å². The highest BCUT2D eigenvalue weighted by Crippen LogP contribution is 2.52.